The molecule has 0 aliphatic rings. The number of thiocarbonyl (C=S) groups is 1. The van der Waals surface area contributed by atoms with E-state index in [1.807, 2.05) is 13.0 Å². The van der Waals surface area contributed by atoms with Gasteiger partial charge in [0.15, 0.2) is 5.11 Å². The first-order valence-electron chi connectivity index (χ1n) is 8.85. The van der Waals surface area contributed by atoms with E-state index < -0.39 is 5.82 Å². The lowest BCUT2D eigenvalue weighted by Gasteiger charge is -2.13. The standard InChI is InChI=1S/C21H18ClFN4O2S/c1-12-9-13(3-5-16(12)22)26-21(30)27-18-6-4-14(10-17(18)23)29-15-7-8-25-19(11-15)20(28)24-2/h3-11H,1-2H3,(H,24,28)(H2,26,27,30). The van der Waals surface area contributed by atoms with Crippen LogP contribution in [0.1, 0.15) is 16.1 Å². The summed E-state index contributed by atoms with van der Waals surface area (Å²) in [5.74, 6) is -0.272. The van der Waals surface area contributed by atoms with Gasteiger partial charge in [-0.05, 0) is 61.1 Å². The number of amides is 1. The van der Waals surface area contributed by atoms with Crippen molar-refractivity contribution < 1.29 is 13.9 Å². The fraction of sp³-hybridized carbons (Fsp3) is 0.0952. The van der Waals surface area contributed by atoms with E-state index >= 15 is 0 Å². The molecule has 3 rings (SSSR count). The number of nitrogens with zero attached hydrogens (tertiary/aromatic N) is 1. The van der Waals surface area contributed by atoms with Crippen LogP contribution in [0.5, 0.6) is 11.5 Å². The largest absolute Gasteiger partial charge is 0.457 e. The van der Waals surface area contributed by atoms with Crippen molar-refractivity contribution in [2.24, 2.45) is 0 Å². The molecule has 6 nitrogen and oxygen atoms in total. The molecule has 0 spiro atoms. The van der Waals surface area contributed by atoms with Crippen molar-refractivity contribution in [2.45, 2.75) is 6.92 Å². The smallest absolute Gasteiger partial charge is 0.269 e. The van der Waals surface area contributed by atoms with E-state index in [2.05, 4.69) is 20.9 Å². The molecule has 0 radical (unpaired) electrons. The zero-order valence-electron chi connectivity index (χ0n) is 16.1. The van der Waals surface area contributed by atoms with Gasteiger partial charge < -0.3 is 20.7 Å². The maximum atomic E-state index is 14.5. The molecule has 0 aliphatic carbocycles. The third-order valence-electron chi connectivity index (χ3n) is 4.03. The van der Waals surface area contributed by atoms with Gasteiger partial charge >= 0.3 is 0 Å². The monoisotopic (exact) mass is 444 g/mol. The van der Waals surface area contributed by atoms with Crippen molar-refractivity contribution in [3.63, 3.8) is 0 Å². The summed E-state index contributed by atoms with van der Waals surface area (Å²) in [5, 5.41) is 9.15. The van der Waals surface area contributed by atoms with E-state index in [1.54, 1.807) is 24.3 Å². The molecule has 2 aromatic carbocycles. The van der Waals surface area contributed by atoms with Crippen LogP contribution in [0.2, 0.25) is 5.02 Å². The second kappa shape index (κ2) is 9.51. The van der Waals surface area contributed by atoms with Gasteiger partial charge in [-0.3, -0.25) is 9.78 Å². The van der Waals surface area contributed by atoms with Gasteiger partial charge in [0, 0.05) is 36.1 Å². The topological polar surface area (TPSA) is 75.3 Å². The number of carbonyl (C=O) groups excluding carboxylic acids is 1. The molecule has 0 saturated heterocycles. The van der Waals surface area contributed by atoms with E-state index in [4.69, 9.17) is 28.6 Å². The van der Waals surface area contributed by atoms with Crippen LogP contribution in [-0.4, -0.2) is 23.1 Å². The molecule has 30 heavy (non-hydrogen) atoms. The van der Waals surface area contributed by atoms with E-state index in [0.29, 0.717) is 10.8 Å². The summed E-state index contributed by atoms with van der Waals surface area (Å²) in [7, 11) is 1.51. The average molecular weight is 445 g/mol. The summed E-state index contributed by atoms with van der Waals surface area (Å²) in [4.78, 5) is 15.6. The van der Waals surface area contributed by atoms with Gasteiger partial charge in [-0.2, -0.15) is 0 Å². The van der Waals surface area contributed by atoms with Crippen molar-refractivity contribution in [2.75, 3.05) is 17.7 Å². The minimum atomic E-state index is -0.551. The second-order valence-corrected chi connectivity index (χ2v) is 7.06. The molecule has 154 valence electrons. The number of pyridine rings is 1. The predicted octanol–water partition coefficient (Wildman–Crippen LogP) is 5.14. The van der Waals surface area contributed by atoms with Crippen LogP contribution in [0, 0.1) is 12.7 Å². The Balaban J connectivity index is 1.67. The van der Waals surface area contributed by atoms with Gasteiger partial charge in [0.05, 0.1) is 5.69 Å². The number of benzene rings is 2. The summed E-state index contributed by atoms with van der Waals surface area (Å²) in [6, 6.07) is 12.7. The Morgan fingerprint density at radius 2 is 1.87 bits per heavy atom. The SMILES string of the molecule is CNC(=O)c1cc(Oc2ccc(NC(=S)Nc3ccc(Cl)c(C)c3)c(F)c2)ccn1. The predicted molar refractivity (Wildman–Crippen MR) is 120 cm³/mol. The fourth-order valence-corrected chi connectivity index (χ4v) is 2.88. The van der Waals surface area contributed by atoms with Crippen molar-refractivity contribution in [1.29, 1.82) is 0 Å². The number of anilines is 2. The van der Waals surface area contributed by atoms with Crippen LogP contribution in [0.3, 0.4) is 0 Å². The molecule has 1 aromatic heterocycles. The molecule has 0 saturated carbocycles. The first-order valence-corrected chi connectivity index (χ1v) is 9.64. The molecule has 0 unspecified atom stereocenters. The molecule has 3 aromatic rings. The van der Waals surface area contributed by atoms with E-state index in [1.165, 1.54) is 31.4 Å². The number of ether oxygens (including phenoxy) is 1. The van der Waals surface area contributed by atoms with Crippen molar-refractivity contribution >= 4 is 46.2 Å². The summed E-state index contributed by atoms with van der Waals surface area (Å²) in [6.07, 6.45) is 1.44. The van der Waals surface area contributed by atoms with Gasteiger partial charge in [0.1, 0.15) is 23.0 Å². The highest BCUT2D eigenvalue weighted by Crippen LogP contribution is 2.26. The molecule has 0 fully saturated rings. The van der Waals surface area contributed by atoms with Crippen LogP contribution in [0.25, 0.3) is 0 Å². The zero-order chi connectivity index (χ0) is 21.7. The van der Waals surface area contributed by atoms with Crippen molar-refractivity contribution in [3.8, 4) is 11.5 Å². The third-order valence-corrected chi connectivity index (χ3v) is 4.66. The van der Waals surface area contributed by atoms with Gasteiger partial charge in [0.2, 0.25) is 0 Å². The summed E-state index contributed by atoms with van der Waals surface area (Å²) < 4.78 is 20.1. The highest BCUT2D eigenvalue weighted by Gasteiger charge is 2.10. The fourth-order valence-electron chi connectivity index (χ4n) is 2.53. The maximum absolute atomic E-state index is 14.5. The van der Waals surface area contributed by atoms with Gasteiger partial charge in [0.25, 0.3) is 5.91 Å². The van der Waals surface area contributed by atoms with Crippen LogP contribution in [0.15, 0.2) is 54.7 Å². The van der Waals surface area contributed by atoms with Gasteiger partial charge in [-0.1, -0.05) is 11.6 Å². The molecular weight excluding hydrogens is 427 g/mol. The number of nitrogens with one attached hydrogen (secondary N) is 3. The number of aryl methyl sites for hydroxylation is 1. The lowest BCUT2D eigenvalue weighted by Crippen LogP contribution is -2.19. The van der Waals surface area contributed by atoms with Crippen LogP contribution >= 0.6 is 23.8 Å². The van der Waals surface area contributed by atoms with Crippen molar-refractivity contribution in [3.05, 3.63) is 76.8 Å². The maximum Gasteiger partial charge on any atom is 0.269 e. The molecule has 1 amide bonds. The van der Waals surface area contributed by atoms with E-state index in [-0.39, 0.29) is 28.2 Å². The highest BCUT2D eigenvalue weighted by atomic mass is 35.5. The van der Waals surface area contributed by atoms with Crippen molar-refractivity contribution in [1.82, 2.24) is 10.3 Å². The Morgan fingerprint density at radius 3 is 2.57 bits per heavy atom. The molecular formula is C21H18ClFN4O2S. The summed E-state index contributed by atoms with van der Waals surface area (Å²) in [6.45, 7) is 1.88. The number of hydrogen-bond acceptors (Lipinski definition) is 4. The van der Waals surface area contributed by atoms with E-state index in [0.717, 1.165) is 11.3 Å². The van der Waals surface area contributed by atoms with Crippen LogP contribution in [0.4, 0.5) is 15.8 Å². The van der Waals surface area contributed by atoms with Crippen LogP contribution < -0.4 is 20.7 Å². The normalized spacial score (nSPS) is 10.3. The quantitative estimate of drug-likeness (QED) is 0.473. The molecule has 1 heterocycles. The summed E-state index contributed by atoms with van der Waals surface area (Å²) >= 11 is 11.3. The number of halogens is 2. The molecule has 3 N–H and O–H groups in total. The highest BCUT2D eigenvalue weighted by molar-refractivity contribution is 7.80. The number of carbonyl (C=O) groups is 1. The molecule has 9 heteroatoms. The second-order valence-electron chi connectivity index (χ2n) is 6.24. The van der Waals surface area contributed by atoms with E-state index in [9.17, 15) is 9.18 Å². The number of aromatic nitrogens is 1. The third kappa shape index (κ3) is 5.43. The molecule has 0 atom stereocenters. The lowest BCUT2D eigenvalue weighted by atomic mass is 10.2. The average Bonchev–Trinajstić information content (AvgIpc) is 2.72. The molecule has 0 aliphatic heterocycles. The Kier molecular flexibility index (Phi) is 6.81. The first kappa shape index (κ1) is 21.5. The minimum absolute atomic E-state index is 0.186. The Bertz CT molecular complexity index is 1110. The summed E-state index contributed by atoms with van der Waals surface area (Å²) in [5.41, 5.74) is 2.01. The minimum Gasteiger partial charge on any atom is -0.457 e. The Morgan fingerprint density at radius 1 is 1.10 bits per heavy atom. The number of hydrogen-bond donors (Lipinski definition) is 3. The first-order chi connectivity index (χ1) is 14.4. The van der Waals surface area contributed by atoms with Gasteiger partial charge in [-0.25, -0.2) is 4.39 Å². The van der Waals surface area contributed by atoms with Gasteiger partial charge in [-0.15, -0.1) is 0 Å². The zero-order valence-corrected chi connectivity index (χ0v) is 17.7. The number of rotatable bonds is 5. The Hall–Kier alpha value is -3.23. The lowest BCUT2D eigenvalue weighted by molar-refractivity contribution is 0.0958. The van der Waals surface area contributed by atoms with Crippen LogP contribution in [-0.2, 0) is 0 Å². The Labute approximate surface area is 183 Å². The molecule has 0 bridgehead atoms.